The van der Waals surface area contributed by atoms with Crippen LogP contribution in [-0.4, -0.2) is 37.0 Å². The minimum Gasteiger partial charge on any atom is -0.454 e. The first kappa shape index (κ1) is 18.9. The first-order valence-corrected chi connectivity index (χ1v) is 10.6. The van der Waals surface area contributed by atoms with Gasteiger partial charge in [-0.3, -0.25) is 9.89 Å². The van der Waals surface area contributed by atoms with Gasteiger partial charge in [-0.25, -0.2) is 0 Å². The minimum absolute atomic E-state index is 0.297. The van der Waals surface area contributed by atoms with Gasteiger partial charge >= 0.3 is 0 Å². The van der Waals surface area contributed by atoms with E-state index in [9.17, 15) is 0 Å². The van der Waals surface area contributed by atoms with Gasteiger partial charge in [-0.05, 0) is 47.7 Å². The summed E-state index contributed by atoms with van der Waals surface area (Å²) in [6, 6.07) is 28.3. The van der Waals surface area contributed by atoms with Crippen LogP contribution in [0.1, 0.15) is 35.6 Å². The second-order valence-corrected chi connectivity index (χ2v) is 7.88. The van der Waals surface area contributed by atoms with E-state index >= 15 is 0 Å². The van der Waals surface area contributed by atoms with Crippen molar-refractivity contribution in [2.75, 3.05) is 19.9 Å². The molecule has 0 radical (unpaired) electrons. The second kappa shape index (κ2) is 8.72. The molecule has 0 aromatic heterocycles. The normalized spacial score (nSPS) is 17.1. The zero-order valence-electron chi connectivity index (χ0n) is 17.0. The number of rotatable bonds is 5. The monoisotopic (exact) mass is 398 g/mol. The van der Waals surface area contributed by atoms with Gasteiger partial charge in [-0.2, -0.15) is 0 Å². The van der Waals surface area contributed by atoms with Crippen molar-refractivity contribution in [1.82, 2.24) is 4.90 Å². The molecule has 1 saturated heterocycles. The van der Waals surface area contributed by atoms with Crippen LogP contribution in [0.25, 0.3) is 0 Å². The Labute approximate surface area is 177 Å². The summed E-state index contributed by atoms with van der Waals surface area (Å²) in [7, 11) is 0. The van der Waals surface area contributed by atoms with E-state index in [1.165, 1.54) is 11.1 Å². The number of nitrogens with zero attached hydrogens (tertiary/aromatic N) is 2. The third-order valence-electron chi connectivity index (χ3n) is 5.93. The van der Waals surface area contributed by atoms with Gasteiger partial charge in [0.15, 0.2) is 11.5 Å². The fraction of sp³-hybridized carbons (Fsp3) is 0.269. The summed E-state index contributed by atoms with van der Waals surface area (Å²) in [5.41, 5.74) is 3.77. The average molecular weight is 399 g/mol. The Morgan fingerprint density at radius 3 is 2.10 bits per heavy atom. The molecule has 4 nitrogen and oxygen atoms in total. The molecule has 0 aliphatic carbocycles. The molecular weight excluding hydrogens is 372 g/mol. The maximum atomic E-state index is 5.46. The Kier molecular flexibility index (Phi) is 5.49. The zero-order valence-corrected chi connectivity index (χ0v) is 17.0. The summed E-state index contributed by atoms with van der Waals surface area (Å²) in [5.74, 6) is 1.62. The van der Waals surface area contributed by atoms with Gasteiger partial charge in [-0.1, -0.05) is 60.7 Å². The van der Waals surface area contributed by atoms with E-state index in [0.29, 0.717) is 18.9 Å². The number of likely N-dealkylation sites (tertiary alicyclic amines) is 1. The molecule has 2 aliphatic rings. The molecular formula is C26H26N2O2. The van der Waals surface area contributed by atoms with Crippen molar-refractivity contribution in [3.8, 4) is 11.5 Å². The number of piperidine rings is 1. The van der Waals surface area contributed by atoms with E-state index in [1.807, 2.05) is 24.4 Å². The first-order valence-electron chi connectivity index (χ1n) is 10.6. The molecule has 5 rings (SSSR count). The third kappa shape index (κ3) is 4.10. The highest BCUT2D eigenvalue weighted by atomic mass is 16.7. The molecule has 30 heavy (non-hydrogen) atoms. The Bertz CT molecular complexity index is 957. The van der Waals surface area contributed by atoms with E-state index in [-0.39, 0.29) is 0 Å². The van der Waals surface area contributed by atoms with Crippen LogP contribution in [0.5, 0.6) is 11.5 Å². The maximum Gasteiger partial charge on any atom is 0.231 e. The van der Waals surface area contributed by atoms with Crippen LogP contribution in [0.2, 0.25) is 0 Å². The molecule has 0 amide bonds. The predicted molar refractivity (Wildman–Crippen MR) is 119 cm³/mol. The molecule has 4 heteroatoms. The van der Waals surface area contributed by atoms with Crippen LogP contribution in [0.3, 0.4) is 0 Å². The molecule has 0 spiro atoms. The van der Waals surface area contributed by atoms with Gasteiger partial charge in [0.05, 0.1) is 12.1 Å². The molecule has 2 aliphatic heterocycles. The van der Waals surface area contributed by atoms with Crippen LogP contribution in [0.4, 0.5) is 0 Å². The fourth-order valence-electron chi connectivity index (χ4n) is 4.36. The molecule has 3 aromatic rings. The molecule has 0 atom stereocenters. The molecule has 0 bridgehead atoms. The second-order valence-electron chi connectivity index (χ2n) is 7.88. The predicted octanol–water partition coefficient (Wildman–Crippen LogP) is 5.09. The number of benzene rings is 3. The minimum atomic E-state index is 0.297. The van der Waals surface area contributed by atoms with E-state index in [1.54, 1.807) is 0 Å². The van der Waals surface area contributed by atoms with Gasteiger partial charge in [0.1, 0.15) is 0 Å². The van der Waals surface area contributed by atoms with E-state index in [0.717, 1.165) is 43.0 Å². The number of fused-ring (bicyclic) bond motifs is 1. The van der Waals surface area contributed by atoms with Crippen molar-refractivity contribution in [1.29, 1.82) is 0 Å². The third-order valence-corrected chi connectivity index (χ3v) is 5.93. The molecule has 2 heterocycles. The molecule has 3 aromatic carbocycles. The first-order chi connectivity index (χ1) is 14.9. The Balaban J connectivity index is 1.27. The standard InChI is InChI=1S/C26H26N2O2/c1-3-7-21(8-4-1)26(22-9-5-2-6-10-22)28-15-13-23(14-16-28)27-18-20-11-12-24-25(17-20)30-19-29-24/h1-12,17-18,23,26H,13-16,19H2/b27-18-. The number of hydrogen-bond acceptors (Lipinski definition) is 4. The molecule has 0 saturated carbocycles. The molecule has 1 fully saturated rings. The lowest BCUT2D eigenvalue weighted by atomic mass is 9.94. The highest BCUT2D eigenvalue weighted by Gasteiger charge is 2.27. The highest BCUT2D eigenvalue weighted by Crippen LogP contribution is 2.33. The SMILES string of the molecule is C(=N/C1CCN(C(c2ccccc2)c2ccccc2)CC1)/c1ccc2c(c1)OCO2. The fourth-order valence-corrected chi connectivity index (χ4v) is 4.36. The lowest BCUT2D eigenvalue weighted by Gasteiger charge is -2.37. The van der Waals surface area contributed by atoms with Crippen molar-refractivity contribution in [2.45, 2.75) is 24.9 Å². The lowest BCUT2D eigenvalue weighted by molar-refractivity contribution is 0.174. The largest absolute Gasteiger partial charge is 0.454 e. The van der Waals surface area contributed by atoms with Crippen LogP contribution in [0.15, 0.2) is 83.9 Å². The molecule has 0 N–H and O–H groups in total. The summed E-state index contributed by atoms with van der Waals surface area (Å²) >= 11 is 0. The van der Waals surface area contributed by atoms with Crippen LogP contribution in [0, 0.1) is 0 Å². The van der Waals surface area contributed by atoms with E-state index in [4.69, 9.17) is 14.5 Å². The van der Waals surface area contributed by atoms with Gasteiger partial charge in [0.2, 0.25) is 6.79 Å². The smallest absolute Gasteiger partial charge is 0.231 e. The summed E-state index contributed by atoms with van der Waals surface area (Å²) in [6.45, 7) is 2.38. The van der Waals surface area contributed by atoms with E-state index in [2.05, 4.69) is 65.6 Å². The van der Waals surface area contributed by atoms with Crippen molar-refractivity contribution in [2.24, 2.45) is 4.99 Å². The summed E-state index contributed by atoms with van der Waals surface area (Å²) in [4.78, 5) is 7.46. The lowest BCUT2D eigenvalue weighted by Crippen LogP contribution is -2.38. The van der Waals surface area contributed by atoms with Gasteiger partial charge in [0, 0.05) is 19.3 Å². The Morgan fingerprint density at radius 2 is 1.43 bits per heavy atom. The number of hydrogen-bond donors (Lipinski definition) is 0. The number of ether oxygens (including phenoxy) is 2. The topological polar surface area (TPSA) is 34.1 Å². The van der Waals surface area contributed by atoms with E-state index < -0.39 is 0 Å². The van der Waals surface area contributed by atoms with Crippen LogP contribution in [-0.2, 0) is 0 Å². The maximum absolute atomic E-state index is 5.46. The van der Waals surface area contributed by atoms with Gasteiger partial charge < -0.3 is 9.47 Å². The molecule has 0 unspecified atom stereocenters. The zero-order chi connectivity index (χ0) is 20.2. The number of aliphatic imine (C=N–C) groups is 1. The van der Waals surface area contributed by atoms with Gasteiger partial charge in [-0.15, -0.1) is 0 Å². The summed E-state index contributed by atoms with van der Waals surface area (Å²) < 4.78 is 10.8. The van der Waals surface area contributed by atoms with Crippen LogP contribution < -0.4 is 9.47 Å². The quantitative estimate of drug-likeness (QED) is 0.562. The van der Waals surface area contributed by atoms with Crippen molar-refractivity contribution in [3.63, 3.8) is 0 Å². The van der Waals surface area contributed by atoms with Gasteiger partial charge in [0.25, 0.3) is 0 Å². The van der Waals surface area contributed by atoms with Crippen molar-refractivity contribution >= 4 is 6.21 Å². The Morgan fingerprint density at radius 1 is 0.800 bits per heavy atom. The Hall–Kier alpha value is -3.11. The highest BCUT2D eigenvalue weighted by molar-refractivity contribution is 5.81. The summed E-state index contributed by atoms with van der Waals surface area (Å²) in [5, 5.41) is 0. The molecule has 152 valence electrons. The average Bonchev–Trinajstić information content (AvgIpc) is 3.28. The van der Waals surface area contributed by atoms with Crippen molar-refractivity contribution < 1.29 is 9.47 Å². The van der Waals surface area contributed by atoms with Crippen molar-refractivity contribution in [3.05, 3.63) is 95.6 Å². The summed E-state index contributed by atoms with van der Waals surface area (Å²) in [6.07, 6.45) is 4.11. The van der Waals surface area contributed by atoms with Crippen LogP contribution >= 0.6 is 0 Å².